The summed E-state index contributed by atoms with van der Waals surface area (Å²) in [4.78, 5) is 18.9. The Morgan fingerprint density at radius 2 is 1.83 bits per heavy atom. The number of nitrogens with one attached hydrogen (secondary N) is 1. The molecule has 5 rings (SSSR count). The number of benzene rings is 2. The quantitative estimate of drug-likeness (QED) is 0.395. The van der Waals surface area contributed by atoms with E-state index in [0.717, 1.165) is 41.5 Å². The molecule has 2 aromatic carbocycles. The summed E-state index contributed by atoms with van der Waals surface area (Å²) in [7, 11) is 3.77. The van der Waals surface area contributed by atoms with Crippen molar-refractivity contribution in [3.63, 3.8) is 0 Å². The number of fused-ring (bicyclic) bond motifs is 1. The van der Waals surface area contributed by atoms with Crippen LogP contribution in [0, 0.1) is 0 Å². The lowest BCUT2D eigenvalue weighted by molar-refractivity contribution is 0.149. The third kappa shape index (κ3) is 4.91. The van der Waals surface area contributed by atoms with Gasteiger partial charge in [0.15, 0.2) is 5.82 Å². The topological polar surface area (TPSA) is 88.9 Å². The second-order valence-corrected chi connectivity index (χ2v) is 9.73. The first-order chi connectivity index (χ1) is 17.6. The molecule has 0 unspecified atom stereocenters. The van der Waals surface area contributed by atoms with E-state index in [9.17, 15) is 4.79 Å². The normalized spacial score (nSPS) is 15.4. The number of hydrogen-bond donors (Lipinski definition) is 1. The summed E-state index contributed by atoms with van der Waals surface area (Å²) in [6.45, 7) is 2.65. The Labute approximate surface area is 211 Å². The number of H-pyrrole nitrogens is 1. The summed E-state index contributed by atoms with van der Waals surface area (Å²) < 4.78 is 7.11. The summed E-state index contributed by atoms with van der Waals surface area (Å²) in [5.41, 5.74) is 3.72. The lowest BCUT2D eigenvalue weighted by Gasteiger charge is -2.36. The number of aromatic nitrogens is 5. The summed E-state index contributed by atoms with van der Waals surface area (Å²) in [6.07, 6.45) is 6.83. The standard InChI is InChI=1S/C28H34N6O2/c1-4-19-12-15-25-21(16-19)17-24(28(35)29-25)26(33(2)22-8-6-5-7-9-22)27-30-31-32-34(27)18-20-10-13-23(36-3)14-11-20/h10-17,22,26H,4-9,18H2,1-3H3,(H,29,35)/t26-/m1/s1. The second kappa shape index (κ2) is 10.6. The third-order valence-corrected chi connectivity index (χ3v) is 7.49. The van der Waals surface area contributed by atoms with E-state index in [2.05, 4.69) is 51.5 Å². The van der Waals surface area contributed by atoms with Crippen LogP contribution in [0.3, 0.4) is 0 Å². The Hall–Kier alpha value is -3.52. The van der Waals surface area contributed by atoms with Crippen LogP contribution in [0.2, 0.25) is 0 Å². The van der Waals surface area contributed by atoms with E-state index < -0.39 is 0 Å². The molecule has 1 saturated carbocycles. The van der Waals surface area contributed by atoms with Gasteiger partial charge in [-0.15, -0.1) is 5.10 Å². The van der Waals surface area contributed by atoms with Gasteiger partial charge in [0, 0.05) is 17.1 Å². The Morgan fingerprint density at radius 1 is 1.08 bits per heavy atom. The smallest absolute Gasteiger partial charge is 0.253 e. The molecule has 36 heavy (non-hydrogen) atoms. The van der Waals surface area contributed by atoms with Crippen LogP contribution in [0.1, 0.15) is 67.6 Å². The fourth-order valence-electron chi connectivity index (χ4n) is 5.36. The monoisotopic (exact) mass is 486 g/mol. The minimum absolute atomic E-state index is 0.0987. The van der Waals surface area contributed by atoms with E-state index >= 15 is 0 Å². The first-order valence-corrected chi connectivity index (χ1v) is 12.8. The molecule has 1 aliphatic carbocycles. The minimum Gasteiger partial charge on any atom is -0.497 e. The van der Waals surface area contributed by atoms with Gasteiger partial charge in [-0.3, -0.25) is 9.69 Å². The number of pyridine rings is 1. The average molecular weight is 487 g/mol. The Balaban J connectivity index is 1.59. The van der Waals surface area contributed by atoms with Crippen LogP contribution >= 0.6 is 0 Å². The maximum atomic E-state index is 13.5. The maximum Gasteiger partial charge on any atom is 0.253 e. The first-order valence-electron chi connectivity index (χ1n) is 12.8. The highest BCUT2D eigenvalue weighted by atomic mass is 16.5. The van der Waals surface area contributed by atoms with E-state index in [1.54, 1.807) is 7.11 Å². The van der Waals surface area contributed by atoms with Gasteiger partial charge in [-0.2, -0.15) is 0 Å². The summed E-state index contributed by atoms with van der Waals surface area (Å²) >= 11 is 0. The van der Waals surface area contributed by atoms with Gasteiger partial charge >= 0.3 is 0 Å². The van der Waals surface area contributed by atoms with Crippen molar-refractivity contribution in [2.45, 2.75) is 64.1 Å². The molecule has 1 N–H and O–H groups in total. The molecule has 0 bridgehead atoms. The Kier molecular flexibility index (Phi) is 7.13. The molecule has 1 fully saturated rings. The highest BCUT2D eigenvalue weighted by molar-refractivity contribution is 5.80. The van der Waals surface area contributed by atoms with Crippen molar-refractivity contribution in [2.75, 3.05) is 14.2 Å². The number of tetrazole rings is 1. The van der Waals surface area contributed by atoms with Gasteiger partial charge in [-0.05, 0) is 83.6 Å². The first kappa shape index (κ1) is 24.2. The summed E-state index contributed by atoms with van der Waals surface area (Å²) in [5, 5.41) is 13.9. The molecule has 1 aliphatic rings. The van der Waals surface area contributed by atoms with E-state index in [0.29, 0.717) is 24.0 Å². The molecule has 0 spiro atoms. The van der Waals surface area contributed by atoms with E-state index in [-0.39, 0.29) is 11.6 Å². The maximum absolute atomic E-state index is 13.5. The summed E-state index contributed by atoms with van der Waals surface area (Å²) in [5.74, 6) is 1.48. The number of aryl methyl sites for hydroxylation is 1. The zero-order valence-corrected chi connectivity index (χ0v) is 21.3. The van der Waals surface area contributed by atoms with Crippen LogP contribution in [0.15, 0.2) is 53.3 Å². The predicted molar refractivity (Wildman–Crippen MR) is 140 cm³/mol. The highest BCUT2D eigenvalue weighted by Crippen LogP contribution is 2.32. The van der Waals surface area contributed by atoms with Gasteiger partial charge < -0.3 is 9.72 Å². The van der Waals surface area contributed by atoms with E-state index in [1.165, 1.54) is 24.8 Å². The van der Waals surface area contributed by atoms with Crippen LogP contribution in [0.4, 0.5) is 0 Å². The van der Waals surface area contributed by atoms with Crippen LogP contribution in [0.5, 0.6) is 5.75 Å². The molecule has 0 amide bonds. The molecule has 4 aromatic rings. The van der Waals surface area contributed by atoms with Crippen LogP contribution in [-0.2, 0) is 13.0 Å². The van der Waals surface area contributed by atoms with E-state index in [1.807, 2.05) is 41.1 Å². The van der Waals surface area contributed by atoms with Crippen molar-refractivity contribution >= 4 is 10.9 Å². The van der Waals surface area contributed by atoms with Crippen molar-refractivity contribution in [1.82, 2.24) is 30.1 Å². The fourth-order valence-corrected chi connectivity index (χ4v) is 5.36. The molecule has 1 atom stereocenters. The number of hydrogen-bond acceptors (Lipinski definition) is 6. The fraction of sp³-hybridized carbons (Fsp3) is 0.429. The van der Waals surface area contributed by atoms with Crippen molar-refractivity contribution < 1.29 is 4.74 Å². The molecular weight excluding hydrogens is 452 g/mol. The number of aromatic amines is 1. The lowest BCUT2D eigenvalue weighted by Crippen LogP contribution is -2.40. The Bertz CT molecular complexity index is 1370. The van der Waals surface area contributed by atoms with Gasteiger partial charge in [0.1, 0.15) is 11.8 Å². The number of rotatable bonds is 8. The van der Waals surface area contributed by atoms with Crippen molar-refractivity contribution in [3.8, 4) is 5.75 Å². The van der Waals surface area contributed by atoms with Gasteiger partial charge in [-0.25, -0.2) is 4.68 Å². The molecule has 8 nitrogen and oxygen atoms in total. The molecular formula is C28H34N6O2. The largest absolute Gasteiger partial charge is 0.497 e. The molecule has 0 aliphatic heterocycles. The number of ether oxygens (including phenoxy) is 1. The van der Waals surface area contributed by atoms with Crippen molar-refractivity contribution in [2.24, 2.45) is 0 Å². The second-order valence-electron chi connectivity index (χ2n) is 9.73. The van der Waals surface area contributed by atoms with E-state index in [4.69, 9.17) is 4.74 Å². The number of methoxy groups -OCH3 is 1. The molecule has 0 saturated heterocycles. The minimum atomic E-state index is -0.361. The zero-order valence-electron chi connectivity index (χ0n) is 21.3. The van der Waals surface area contributed by atoms with Gasteiger partial charge in [0.05, 0.1) is 13.7 Å². The molecule has 8 heteroatoms. The lowest BCUT2D eigenvalue weighted by atomic mass is 9.92. The van der Waals surface area contributed by atoms with Crippen LogP contribution in [-0.4, -0.2) is 50.3 Å². The predicted octanol–water partition coefficient (Wildman–Crippen LogP) is 4.49. The summed E-state index contributed by atoms with van der Waals surface area (Å²) in [6, 6.07) is 16.2. The zero-order chi connectivity index (χ0) is 25.1. The highest BCUT2D eigenvalue weighted by Gasteiger charge is 2.33. The molecule has 2 aromatic heterocycles. The van der Waals surface area contributed by atoms with Crippen molar-refractivity contribution in [1.29, 1.82) is 0 Å². The van der Waals surface area contributed by atoms with Gasteiger partial charge in [0.2, 0.25) is 0 Å². The molecule has 0 radical (unpaired) electrons. The third-order valence-electron chi connectivity index (χ3n) is 7.49. The van der Waals surface area contributed by atoms with Crippen LogP contribution in [0.25, 0.3) is 10.9 Å². The molecule has 188 valence electrons. The Morgan fingerprint density at radius 3 is 2.56 bits per heavy atom. The average Bonchev–Trinajstić information content (AvgIpc) is 3.37. The van der Waals surface area contributed by atoms with Crippen LogP contribution < -0.4 is 10.3 Å². The van der Waals surface area contributed by atoms with Gasteiger partial charge in [0.25, 0.3) is 5.56 Å². The number of nitrogens with zero attached hydrogens (tertiary/aromatic N) is 5. The SMILES string of the molecule is CCc1ccc2[nH]c(=O)c([C@H](c3nnnn3Cc3ccc(OC)cc3)N(C)C3CCCCC3)cc2c1. The van der Waals surface area contributed by atoms with Crippen molar-refractivity contribution in [3.05, 3.63) is 81.4 Å². The van der Waals surface area contributed by atoms with Gasteiger partial charge in [-0.1, -0.05) is 44.4 Å². The molecule has 2 heterocycles.